The van der Waals surface area contributed by atoms with Crippen molar-refractivity contribution in [3.63, 3.8) is 0 Å². The molecule has 0 fully saturated rings. The zero-order chi connectivity index (χ0) is 15.6. The zero-order valence-electron chi connectivity index (χ0n) is 12.7. The van der Waals surface area contributed by atoms with E-state index >= 15 is 0 Å². The van der Waals surface area contributed by atoms with E-state index in [2.05, 4.69) is 16.8 Å². The lowest BCUT2D eigenvalue weighted by atomic mass is 10.1. The van der Waals surface area contributed by atoms with E-state index in [9.17, 15) is 8.42 Å². The van der Waals surface area contributed by atoms with Gasteiger partial charge in [-0.3, -0.25) is 4.90 Å². The lowest BCUT2D eigenvalue weighted by Gasteiger charge is -2.24. The molecule has 0 bridgehead atoms. The van der Waals surface area contributed by atoms with Crippen molar-refractivity contribution in [2.75, 3.05) is 19.0 Å². The van der Waals surface area contributed by atoms with Gasteiger partial charge in [0, 0.05) is 29.9 Å². The van der Waals surface area contributed by atoms with E-state index in [0.29, 0.717) is 10.0 Å². The second kappa shape index (κ2) is 7.41. The summed E-state index contributed by atoms with van der Waals surface area (Å²) in [5.74, 6) is 0. The van der Waals surface area contributed by atoms with E-state index in [1.165, 1.54) is 17.6 Å². The number of sulfone groups is 1. The first-order valence-corrected chi connectivity index (χ1v) is 9.18. The summed E-state index contributed by atoms with van der Waals surface area (Å²) in [5, 5.41) is 0.573. The minimum absolute atomic E-state index is 0. The van der Waals surface area contributed by atoms with Gasteiger partial charge in [-0.2, -0.15) is 0 Å². The Morgan fingerprint density at radius 2 is 1.91 bits per heavy atom. The molecule has 0 saturated heterocycles. The fraction of sp³-hybridized carbons (Fsp3) is 0.357. The molecular weight excluding hydrogens is 342 g/mol. The molecule has 1 aromatic heterocycles. The summed E-state index contributed by atoms with van der Waals surface area (Å²) in [6.45, 7) is 2.84. The minimum atomic E-state index is -3.15. The van der Waals surface area contributed by atoms with Gasteiger partial charge in [-0.1, -0.05) is 12.1 Å². The Hall–Kier alpha value is -1.15. The molecule has 0 saturated carbocycles. The molecule has 5 nitrogen and oxygen atoms in total. The molecule has 1 atom stereocenters. The van der Waals surface area contributed by atoms with Gasteiger partial charge in [-0.05, 0) is 31.7 Å². The quantitative estimate of drug-likeness (QED) is 0.886. The summed E-state index contributed by atoms with van der Waals surface area (Å²) in [4.78, 5) is 7.66. The van der Waals surface area contributed by atoms with Gasteiger partial charge in [0.05, 0.1) is 4.90 Å². The third-order valence-electron chi connectivity index (χ3n) is 3.43. The molecule has 1 unspecified atom stereocenters. The number of benzene rings is 1. The van der Waals surface area contributed by atoms with Crippen molar-refractivity contribution < 1.29 is 8.42 Å². The highest BCUT2D eigenvalue weighted by atomic mass is 35.5. The second-order valence-corrected chi connectivity index (χ2v) is 8.26. The zero-order valence-corrected chi connectivity index (χ0v) is 15.1. The molecule has 122 valence electrons. The lowest BCUT2D eigenvalue weighted by molar-refractivity contribution is 0.255. The van der Waals surface area contributed by atoms with Crippen LogP contribution >= 0.6 is 23.7 Å². The van der Waals surface area contributed by atoms with E-state index in [1.807, 2.05) is 19.2 Å². The molecule has 2 aromatic rings. The summed E-state index contributed by atoms with van der Waals surface area (Å²) in [6, 6.07) is 7.19. The molecule has 8 heteroatoms. The summed E-state index contributed by atoms with van der Waals surface area (Å²) in [5.41, 5.74) is 6.70. The summed E-state index contributed by atoms with van der Waals surface area (Å²) in [6.07, 6.45) is 3.00. The molecule has 2 N–H and O–H groups in total. The van der Waals surface area contributed by atoms with Crippen LogP contribution in [0, 0.1) is 0 Å². The first kappa shape index (κ1) is 18.9. The standard InChI is InChI=1S/C14H19N3O2S2.ClH/c1-10(17(2)9-12-8-16-14(15)20-12)11-4-6-13(7-5-11)21(3,18)19;/h4-8,10H,9H2,1-3H3,(H2,15,16);1H. The van der Waals surface area contributed by atoms with Gasteiger partial charge in [-0.15, -0.1) is 23.7 Å². The van der Waals surface area contributed by atoms with E-state index in [1.54, 1.807) is 18.3 Å². The van der Waals surface area contributed by atoms with Crippen molar-refractivity contribution in [2.24, 2.45) is 0 Å². The van der Waals surface area contributed by atoms with Crippen molar-refractivity contribution in [1.82, 2.24) is 9.88 Å². The predicted molar refractivity (Wildman–Crippen MR) is 93.2 cm³/mol. The maximum atomic E-state index is 11.5. The maximum Gasteiger partial charge on any atom is 0.180 e. The largest absolute Gasteiger partial charge is 0.375 e. The van der Waals surface area contributed by atoms with Crippen LogP contribution in [0.2, 0.25) is 0 Å². The fourth-order valence-electron chi connectivity index (χ4n) is 2.03. The molecule has 0 amide bonds. The van der Waals surface area contributed by atoms with Crippen molar-refractivity contribution in [3.05, 3.63) is 40.9 Å². The number of nitrogens with zero attached hydrogens (tertiary/aromatic N) is 2. The van der Waals surface area contributed by atoms with Gasteiger partial charge in [0.25, 0.3) is 0 Å². The van der Waals surface area contributed by atoms with Crippen LogP contribution in [0.15, 0.2) is 35.4 Å². The van der Waals surface area contributed by atoms with Gasteiger partial charge in [0.15, 0.2) is 15.0 Å². The van der Waals surface area contributed by atoms with Crippen LogP contribution in [0.25, 0.3) is 0 Å². The number of hydrogen-bond acceptors (Lipinski definition) is 6. The Morgan fingerprint density at radius 1 is 1.32 bits per heavy atom. The average Bonchev–Trinajstić information content (AvgIpc) is 2.82. The van der Waals surface area contributed by atoms with Gasteiger partial charge in [0.1, 0.15) is 0 Å². The van der Waals surface area contributed by atoms with Gasteiger partial charge in [-0.25, -0.2) is 13.4 Å². The molecule has 2 rings (SSSR count). The van der Waals surface area contributed by atoms with Crippen LogP contribution in [0.3, 0.4) is 0 Å². The number of anilines is 1. The first-order valence-electron chi connectivity index (χ1n) is 6.48. The third-order valence-corrected chi connectivity index (χ3v) is 5.37. The molecule has 22 heavy (non-hydrogen) atoms. The Bertz CT molecular complexity index is 714. The third kappa shape index (κ3) is 4.67. The number of nitrogens with two attached hydrogens (primary N) is 1. The van der Waals surface area contributed by atoms with Gasteiger partial charge < -0.3 is 5.73 Å². The second-order valence-electron chi connectivity index (χ2n) is 5.10. The Labute approximate surface area is 141 Å². The SMILES string of the molecule is CC(c1ccc(S(C)(=O)=O)cc1)N(C)Cc1cnc(N)s1.Cl. The molecule has 0 radical (unpaired) electrons. The highest BCUT2D eigenvalue weighted by molar-refractivity contribution is 7.90. The van der Waals surface area contributed by atoms with Crippen molar-refractivity contribution in [3.8, 4) is 0 Å². The molecule has 0 spiro atoms. The van der Waals surface area contributed by atoms with Crippen LogP contribution in [-0.4, -0.2) is 31.6 Å². The van der Waals surface area contributed by atoms with Crippen LogP contribution in [0.1, 0.15) is 23.4 Å². The molecule has 1 heterocycles. The molecule has 0 aliphatic rings. The van der Waals surface area contributed by atoms with Gasteiger partial charge in [0.2, 0.25) is 0 Å². The van der Waals surface area contributed by atoms with E-state index in [-0.39, 0.29) is 18.4 Å². The van der Waals surface area contributed by atoms with E-state index in [0.717, 1.165) is 17.0 Å². The first-order chi connectivity index (χ1) is 9.77. The number of nitrogen functional groups attached to an aromatic ring is 1. The molecule has 0 aliphatic carbocycles. The summed E-state index contributed by atoms with van der Waals surface area (Å²) >= 11 is 1.48. The average molecular weight is 362 g/mol. The van der Waals surface area contributed by atoms with Crippen molar-refractivity contribution in [1.29, 1.82) is 0 Å². The van der Waals surface area contributed by atoms with Crippen LogP contribution in [0.4, 0.5) is 5.13 Å². The molecule has 1 aromatic carbocycles. The lowest BCUT2D eigenvalue weighted by Crippen LogP contribution is -2.21. The fourth-order valence-corrected chi connectivity index (χ4v) is 3.40. The minimum Gasteiger partial charge on any atom is -0.375 e. The normalized spacial score (nSPS) is 12.9. The summed E-state index contributed by atoms with van der Waals surface area (Å²) in [7, 11) is -1.13. The monoisotopic (exact) mass is 361 g/mol. The molecular formula is C14H20ClN3O2S2. The van der Waals surface area contributed by atoms with Gasteiger partial charge >= 0.3 is 0 Å². The van der Waals surface area contributed by atoms with Crippen LogP contribution in [-0.2, 0) is 16.4 Å². The Morgan fingerprint density at radius 3 is 2.36 bits per heavy atom. The Kier molecular flexibility index (Phi) is 6.37. The smallest absolute Gasteiger partial charge is 0.180 e. The number of aromatic nitrogens is 1. The number of thiazole rings is 1. The number of halogens is 1. The highest BCUT2D eigenvalue weighted by Gasteiger charge is 2.14. The number of hydrogen-bond donors (Lipinski definition) is 1. The van der Waals surface area contributed by atoms with Crippen molar-refractivity contribution in [2.45, 2.75) is 24.4 Å². The van der Waals surface area contributed by atoms with E-state index in [4.69, 9.17) is 5.73 Å². The van der Waals surface area contributed by atoms with Crippen LogP contribution in [0.5, 0.6) is 0 Å². The summed E-state index contributed by atoms with van der Waals surface area (Å²) < 4.78 is 22.9. The number of rotatable bonds is 5. The van der Waals surface area contributed by atoms with E-state index < -0.39 is 9.84 Å². The highest BCUT2D eigenvalue weighted by Crippen LogP contribution is 2.24. The molecule has 0 aliphatic heterocycles. The predicted octanol–water partition coefficient (Wildman–Crippen LogP) is 2.74. The topological polar surface area (TPSA) is 76.3 Å². The van der Waals surface area contributed by atoms with Crippen LogP contribution < -0.4 is 5.73 Å². The maximum absolute atomic E-state index is 11.5. The Balaban J connectivity index is 0.00000242. The van der Waals surface area contributed by atoms with Crippen molar-refractivity contribution >= 4 is 38.7 Å².